The Balaban J connectivity index is 2.20. The minimum absolute atomic E-state index is 0.169. The zero-order valence-corrected chi connectivity index (χ0v) is 16.0. The van der Waals surface area contributed by atoms with E-state index in [0.29, 0.717) is 46.3 Å². The Morgan fingerprint density at radius 1 is 1.08 bits per heavy atom. The third-order valence-electron chi connectivity index (χ3n) is 3.47. The second-order valence-corrected chi connectivity index (χ2v) is 6.71. The third-order valence-corrected chi connectivity index (χ3v) is 4.10. The molecule has 2 aromatic carbocycles. The number of benzene rings is 2. The van der Waals surface area contributed by atoms with Gasteiger partial charge in [-0.1, -0.05) is 43.1 Å². The van der Waals surface area contributed by atoms with Gasteiger partial charge in [0, 0.05) is 18.2 Å². The zero-order chi connectivity index (χ0) is 18.4. The summed E-state index contributed by atoms with van der Waals surface area (Å²) in [5.74, 6) is 0.648. The van der Waals surface area contributed by atoms with E-state index in [9.17, 15) is 4.39 Å². The van der Waals surface area contributed by atoms with Gasteiger partial charge >= 0.3 is 0 Å². The smallest absolute Gasteiger partial charge is 0.180 e. The van der Waals surface area contributed by atoms with Gasteiger partial charge in [0.1, 0.15) is 12.4 Å². The van der Waals surface area contributed by atoms with E-state index in [-0.39, 0.29) is 12.4 Å². The SMILES string of the molecule is CCOc1cc(CNC(C)C)cc(Cl)c1OCc1ccc(F)cc1Cl. The molecule has 0 saturated heterocycles. The van der Waals surface area contributed by atoms with E-state index in [0.717, 1.165) is 5.56 Å². The minimum atomic E-state index is -0.385. The maximum atomic E-state index is 13.1. The van der Waals surface area contributed by atoms with Crippen molar-refractivity contribution in [3.63, 3.8) is 0 Å². The van der Waals surface area contributed by atoms with Gasteiger partial charge in [-0.05, 0) is 36.8 Å². The lowest BCUT2D eigenvalue weighted by molar-refractivity contribution is 0.269. The molecule has 0 aromatic heterocycles. The number of halogens is 3. The van der Waals surface area contributed by atoms with E-state index in [2.05, 4.69) is 19.2 Å². The van der Waals surface area contributed by atoms with E-state index in [4.69, 9.17) is 32.7 Å². The Kier molecular flexibility index (Phi) is 7.36. The molecule has 0 aliphatic rings. The average molecular weight is 386 g/mol. The summed E-state index contributed by atoms with van der Waals surface area (Å²) in [5.41, 5.74) is 1.68. The molecule has 0 saturated carbocycles. The molecule has 0 radical (unpaired) electrons. The Bertz CT molecular complexity index is 723. The molecule has 2 rings (SSSR count). The number of hydrogen-bond acceptors (Lipinski definition) is 3. The molecule has 2 aromatic rings. The normalized spacial score (nSPS) is 11.0. The van der Waals surface area contributed by atoms with Gasteiger partial charge in [-0.2, -0.15) is 0 Å². The summed E-state index contributed by atoms with van der Waals surface area (Å²) in [6, 6.07) is 8.31. The molecule has 0 amide bonds. The predicted octanol–water partition coefficient (Wildman–Crippen LogP) is 5.61. The van der Waals surface area contributed by atoms with E-state index in [1.54, 1.807) is 6.07 Å². The summed E-state index contributed by atoms with van der Waals surface area (Å²) in [4.78, 5) is 0. The second-order valence-electron chi connectivity index (χ2n) is 5.90. The molecule has 0 aliphatic carbocycles. The zero-order valence-electron chi connectivity index (χ0n) is 14.5. The van der Waals surface area contributed by atoms with Crippen molar-refractivity contribution in [3.05, 3.63) is 57.3 Å². The largest absolute Gasteiger partial charge is 0.490 e. The fraction of sp³-hybridized carbons (Fsp3) is 0.368. The molecule has 0 aliphatic heterocycles. The highest BCUT2D eigenvalue weighted by molar-refractivity contribution is 6.32. The molecule has 25 heavy (non-hydrogen) atoms. The van der Waals surface area contributed by atoms with Gasteiger partial charge < -0.3 is 14.8 Å². The van der Waals surface area contributed by atoms with Crippen molar-refractivity contribution in [2.24, 2.45) is 0 Å². The van der Waals surface area contributed by atoms with Crippen LogP contribution in [0, 0.1) is 5.82 Å². The van der Waals surface area contributed by atoms with E-state index < -0.39 is 0 Å². The Morgan fingerprint density at radius 3 is 2.48 bits per heavy atom. The van der Waals surface area contributed by atoms with E-state index in [1.165, 1.54) is 12.1 Å². The van der Waals surface area contributed by atoms with Gasteiger partial charge in [0.05, 0.1) is 16.7 Å². The van der Waals surface area contributed by atoms with Crippen LogP contribution in [-0.2, 0) is 13.2 Å². The molecule has 6 heteroatoms. The molecule has 136 valence electrons. The molecule has 3 nitrogen and oxygen atoms in total. The Hall–Kier alpha value is -1.49. The monoisotopic (exact) mass is 385 g/mol. The van der Waals surface area contributed by atoms with Crippen LogP contribution in [-0.4, -0.2) is 12.6 Å². The van der Waals surface area contributed by atoms with Gasteiger partial charge in [-0.3, -0.25) is 0 Å². The molecule has 0 bridgehead atoms. The molecule has 0 heterocycles. The van der Waals surface area contributed by atoms with Crippen LogP contribution in [0.4, 0.5) is 4.39 Å². The van der Waals surface area contributed by atoms with Crippen molar-refractivity contribution in [1.29, 1.82) is 0 Å². The fourth-order valence-electron chi connectivity index (χ4n) is 2.24. The fourth-order valence-corrected chi connectivity index (χ4v) is 2.75. The van der Waals surface area contributed by atoms with Crippen molar-refractivity contribution in [3.8, 4) is 11.5 Å². The van der Waals surface area contributed by atoms with Crippen LogP contribution in [0.15, 0.2) is 30.3 Å². The van der Waals surface area contributed by atoms with Crippen molar-refractivity contribution in [2.45, 2.75) is 40.0 Å². The van der Waals surface area contributed by atoms with Crippen LogP contribution in [0.3, 0.4) is 0 Å². The highest BCUT2D eigenvalue weighted by atomic mass is 35.5. The van der Waals surface area contributed by atoms with Crippen LogP contribution in [0.25, 0.3) is 0 Å². The van der Waals surface area contributed by atoms with Gasteiger partial charge in [-0.25, -0.2) is 4.39 Å². The van der Waals surface area contributed by atoms with Crippen LogP contribution < -0.4 is 14.8 Å². The lowest BCUT2D eigenvalue weighted by Gasteiger charge is -2.16. The Labute approximate surface area is 158 Å². The van der Waals surface area contributed by atoms with Crippen LogP contribution in [0.2, 0.25) is 10.0 Å². The van der Waals surface area contributed by atoms with Gasteiger partial charge in [0.2, 0.25) is 0 Å². The summed E-state index contributed by atoms with van der Waals surface area (Å²) in [6.45, 7) is 7.40. The number of rotatable bonds is 8. The lowest BCUT2D eigenvalue weighted by Crippen LogP contribution is -2.21. The van der Waals surface area contributed by atoms with Crippen molar-refractivity contribution < 1.29 is 13.9 Å². The molecule has 0 unspecified atom stereocenters. The first-order chi connectivity index (χ1) is 11.9. The maximum Gasteiger partial charge on any atom is 0.180 e. The van der Waals surface area contributed by atoms with Crippen molar-refractivity contribution in [1.82, 2.24) is 5.32 Å². The summed E-state index contributed by atoms with van der Waals surface area (Å²) in [6.07, 6.45) is 0. The van der Waals surface area contributed by atoms with Crippen LogP contribution in [0.5, 0.6) is 11.5 Å². The summed E-state index contributed by atoms with van der Waals surface area (Å²) in [7, 11) is 0. The summed E-state index contributed by atoms with van der Waals surface area (Å²) < 4.78 is 24.6. The van der Waals surface area contributed by atoms with Gasteiger partial charge in [0.25, 0.3) is 0 Å². The van der Waals surface area contributed by atoms with Crippen LogP contribution >= 0.6 is 23.2 Å². The second kappa shape index (κ2) is 9.27. The minimum Gasteiger partial charge on any atom is -0.490 e. The maximum absolute atomic E-state index is 13.1. The molecular weight excluding hydrogens is 364 g/mol. The first-order valence-corrected chi connectivity index (χ1v) is 8.91. The van der Waals surface area contributed by atoms with E-state index >= 15 is 0 Å². The first-order valence-electron chi connectivity index (χ1n) is 8.16. The van der Waals surface area contributed by atoms with Gasteiger partial charge in [0.15, 0.2) is 11.5 Å². The van der Waals surface area contributed by atoms with Gasteiger partial charge in [-0.15, -0.1) is 0 Å². The predicted molar refractivity (Wildman–Crippen MR) is 100 cm³/mol. The Morgan fingerprint density at radius 2 is 1.84 bits per heavy atom. The molecule has 0 fully saturated rings. The molecule has 0 atom stereocenters. The quantitative estimate of drug-likeness (QED) is 0.640. The van der Waals surface area contributed by atoms with Crippen molar-refractivity contribution >= 4 is 23.2 Å². The molecule has 0 spiro atoms. The number of hydrogen-bond donors (Lipinski definition) is 1. The first kappa shape index (κ1) is 19.8. The summed E-state index contributed by atoms with van der Waals surface area (Å²) >= 11 is 12.4. The van der Waals surface area contributed by atoms with Crippen LogP contribution in [0.1, 0.15) is 31.9 Å². The summed E-state index contributed by atoms with van der Waals surface area (Å²) in [5, 5.41) is 4.12. The molecule has 1 N–H and O–H groups in total. The third kappa shape index (κ3) is 5.77. The topological polar surface area (TPSA) is 30.5 Å². The number of ether oxygens (including phenoxy) is 2. The highest BCUT2D eigenvalue weighted by Crippen LogP contribution is 2.37. The van der Waals surface area contributed by atoms with Crippen molar-refractivity contribution in [2.75, 3.05) is 6.61 Å². The lowest BCUT2D eigenvalue weighted by atomic mass is 10.2. The number of nitrogens with one attached hydrogen (secondary N) is 1. The standard InChI is InChI=1S/C19H22Cl2FNO2/c1-4-24-18-8-13(10-23-12(2)3)7-17(21)19(18)25-11-14-5-6-15(22)9-16(14)20/h5-9,12,23H,4,10-11H2,1-3H3. The molecular formula is C19H22Cl2FNO2. The average Bonchev–Trinajstić information content (AvgIpc) is 2.54. The highest BCUT2D eigenvalue weighted by Gasteiger charge is 2.14. The van der Waals surface area contributed by atoms with E-state index in [1.807, 2.05) is 19.1 Å².